The highest BCUT2D eigenvalue weighted by Gasteiger charge is 2.70. The number of amides is 5. The number of likely N-dealkylation sites (tertiary alicyclic amines) is 1. The number of rotatable bonds is 16. The molecular formula is C39H60N6O7S. The van der Waals surface area contributed by atoms with Crippen molar-refractivity contribution in [3.8, 4) is 0 Å². The number of hydrogen-bond acceptors (Lipinski definition) is 7. The van der Waals surface area contributed by atoms with Gasteiger partial charge in [0.2, 0.25) is 27.6 Å². The van der Waals surface area contributed by atoms with Gasteiger partial charge in [0.1, 0.15) is 12.1 Å². The fourth-order valence-corrected chi connectivity index (χ4v) is 8.63. The first-order chi connectivity index (χ1) is 24.7. The average Bonchev–Trinajstić information content (AvgIpc) is 3.85. The van der Waals surface area contributed by atoms with Crippen molar-refractivity contribution in [3.05, 3.63) is 35.4 Å². The van der Waals surface area contributed by atoms with Crippen LogP contribution in [-0.2, 0) is 42.0 Å². The molecule has 5 amide bonds. The van der Waals surface area contributed by atoms with Gasteiger partial charge in [0.15, 0.2) is 0 Å². The lowest BCUT2D eigenvalue weighted by molar-refractivity contribution is -0.144. The third kappa shape index (κ3) is 9.41. The lowest BCUT2D eigenvalue weighted by Crippen LogP contribution is -2.61. The number of sulfonamides is 1. The second-order valence-electron chi connectivity index (χ2n) is 17.6. The van der Waals surface area contributed by atoms with Crippen molar-refractivity contribution in [2.75, 3.05) is 32.9 Å². The van der Waals surface area contributed by atoms with Crippen LogP contribution in [-0.4, -0.2) is 104 Å². The van der Waals surface area contributed by atoms with Crippen LogP contribution in [0.5, 0.6) is 0 Å². The molecular weight excluding hydrogens is 697 g/mol. The average molecular weight is 757 g/mol. The van der Waals surface area contributed by atoms with Crippen molar-refractivity contribution in [3.63, 3.8) is 0 Å². The Hall–Kier alpha value is -3.52. The molecule has 1 unspecified atom stereocenters. The van der Waals surface area contributed by atoms with Gasteiger partial charge in [0.05, 0.1) is 12.3 Å². The zero-order chi connectivity index (χ0) is 39.0. The number of unbranched alkanes of at least 4 members (excludes halogenated alkanes) is 1. The predicted octanol–water partition coefficient (Wildman–Crippen LogP) is 2.63. The van der Waals surface area contributed by atoms with Crippen LogP contribution in [0.4, 0.5) is 4.79 Å². The number of hydrogen-bond donors (Lipinski definition) is 4. The fraction of sp³-hybridized carbons (Fsp3) is 0.718. The molecule has 4 aliphatic rings. The van der Waals surface area contributed by atoms with Crippen molar-refractivity contribution < 1.29 is 32.4 Å². The number of urea groups is 1. The van der Waals surface area contributed by atoms with E-state index in [4.69, 9.17) is 0 Å². The van der Waals surface area contributed by atoms with Crippen LogP contribution >= 0.6 is 0 Å². The molecule has 1 saturated heterocycles. The van der Waals surface area contributed by atoms with Crippen molar-refractivity contribution >= 4 is 39.6 Å². The SMILES string of the molecule is CCCCC(NC(=O)[C@@H]1[C@@H]2[C@H](CN1C(=O)[C@@H](NC(=O)N[C@H](CN(C)S(C)(=O)=O)C(C)(C)C)C1Cc3ccccc3C1)C2(C)C)C(=O)C(=O)NCC1CC1. The zero-order valence-corrected chi connectivity index (χ0v) is 33.5. The fourth-order valence-electron chi connectivity index (χ4n) is 8.21. The Bertz CT molecular complexity index is 1660. The minimum absolute atomic E-state index is 0.0343. The van der Waals surface area contributed by atoms with E-state index in [0.717, 1.165) is 36.6 Å². The minimum Gasteiger partial charge on any atom is -0.349 e. The van der Waals surface area contributed by atoms with Crippen LogP contribution in [0.2, 0.25) is 0 Å². The van der Waals surface area contributed by atoms with Gasteiger partial charge in [-0.3, -0.25) is 19.2 Å². The summed E-state index contributed by atoms with van der Waals surface area (Å²) in [6.07, 6.45) is 5.99. The van der Waals surface area contributed by atoms with Gasteiger partial charge in [-0.2, -0.15) is 0 Å². The summed E-state index contributed by atoms with van der Waals surface area (Å²) in [5, 5.41) is 11.6. The molecule has 1 aliphatic heterocycles. The molecule has 5 rings (SSSR count). The summed E-state index contributed by atoms with van der Waals surface area (Å²) < 4.78 is 25.7. The molecule has 14 heteroatoms. The van der Waals surface area contributed by atoms with Gasteiger partial charge in [-0.05, 0) is 77.7 Å². The second-order valence-corrected chi connectivity index (χ2v) is 19.7. The van der Waals surface area contributed by atoms with Gasteiger partial charge in [0.25, 0.3) is 5.91 Å². The molecule has 6 atom stereocenters. The predicted molar refractivity (Wildman–Crippen MR) is 202 cm³/mol. The van der Waals surface area contributed by atoms with E-state index in [1.165, 1.54) is 11.4 Å². The normalized spacial score (nSPS) is 23.7. The van der Waals surface area contributed by atoms with Crippen LogP contribution in [0.1, 0.15) is 84.8 Å². The van der Waals surface area contributed by atoms with Crippen molar-refractivity contribution in [1.29, 1.82) is 0 Å². The van der Waals surface area contributed by atoms with Crippen molar-refractivity contribution in [2.24, 2.45) is 34.5 Å². The summed E-state index contributed by atoms with van der Waals surface area (Å²) in [5.74, 6) is -2.20. The molecule has 0 radical (unpaired) electrons. The molecule has 4 N–H and O–H groups in total. The summed E-state index contributed by atoms with van der Waals surface area (Å²) >= 11 is 0. The molecule has 0 bridgehead atoms. The van der Waals surface area contributed by atoms with Crippen LogP contribution < -0.4 is 21.3 Å². The summed E-state index contributed by atoms with van der Waals surface area (Å²) in [5.41, 5.74) is 1.46. The first-order valence-corrected chi connectivity index (χ1v) is 21.1. The Morgan fingerprint density at radius 2 is 1.62 bits per heavy atom. The second kappa shape index (κ2) is 15.7. The van der Waals surface area contributed by atoms with Crippen LogP contribution in [0.25, 0.3) is 0 Å². The number of likely N-dealkylation sites (N-methyl/N-ethyl adjacent to an activating group) is 1. The van der Waals surface area contributed by atoms with Gasteiger partial charge in [-0.15, -0.1) is 0 Å². The van der Waals surface area contributed by atoms with E-state index >= 15 is 0 Å². The Kier molecular flexibility index (Phi) is 12.0. The van der Waals surface area contributed by atoms with E-state index in [9.17, 15) is 32.4 Å². The third-order valence-corrected chi connectivity index (χ3v) is 13.5. The first-order valence-electron chi connectivity index (χ1n) is 19.2. The number of carbonyl (C=O) groups excluding carboxylic acids is 5. The maximum atomic E-state index is 14.8. The summed E-state index contributed by atoms with van der Waals surface area (Å²) in [7, 11) is -2.06. The number of piperidine rings is 1. The summed E-state index contributed by atoms with van der Waals surface area (Å²) in [6.45, 7) is 12.6. The van der Waals surface area contributed by atoms with E-state index in [0.29, 0.717) is 44.7 Å². The highest BCUT2D eigenvalue weighted by atomic mass is 32.2. The zero-order valence-electron chi connectivity index (χ0n) is 32.7. The molecule has 13 nitrogen and oxygen atoms in total. The van der Waals surface area contributed by atoms with E-state index in [1.54, 1.807) is 4.90 Å². The number of benzene rings is 1. The van der Waals surface area contributed by atoms with Crippen LogP contribution in [0.3, 0.4) is 0 Å². The summed E-state index contributed by atoms with van der Waals surface area (Å²) in [6, 6.07) is 3.87. The van der Waals surface area contributed by atoms with E-state index < -0.39 is 63.2 Å². The molecule has 294 valence electrons. The lowest BCUT2D eigenvalue weighted by Gasteiger charge is -2.37. The van der Waals surface area contributed by atoms with Gasteiger partial charge >= 0.3 is 6.03 Å². The van der Waals surface area contributed by atoms with Gasteiger partial charge in [0, 0.05) is 32.7 Å². The van der Waals surface area contributed by atoms with Gasteiger partial charge in [-0.25, -0.2) is 17.5 Å². The smallest absolute Gasteiger partial charge is 0.315 e. The molecule has 1 heterocycles. The van der Waals surface area contributed by atoms with Gasteiger partial charge < -0.3 is 26.2 Å². The van der Waals surface area contributed by atoms with Crippen molar-refractivity contribution in [2.45, 2.75) is 111 Å². The Balaban J connectivity index is 1.38. The third-order valence-electron chi connectivity index (χ3n) is 12.2. The topological polar surface area (TPSA) is 174 Å². The quantitative estimate of drug-likeness (QED) is 0.188. The highest BCUT2D eigenvalue weighted by Crippen LogP contribution is 2.65. The minimum atomic E-state index is -3.52. The number of Topliss-reactive ketones (excluding diaryl/α,β-unsaturated/α-hetero) is 1. The Labute approximate surface area is 315 Å². The van der Waals surface area contributed by atoms with E-state index in [-0.39, 0.29) is 35.6 Å². The van der Waals surface area contributed by atoms with Crippen LogP contribution in [0.15, 0.2) is 24.3 Å². The van der Waals surface area contributed by atoms with Gasteiger partial charge in [-0.1, -0.05) is 78.6 Å². The Morgan fingerprint density at radius 3 is 2.17 bits per heavy atom. The number of fused-ring (bicyclic) bond motifs is 2. The monoisotopic (exact) mass is 756 g/mol. The molecule has 0 aromatic heterocycles. The van der Waals surface area contributed by atoms with Crippen molar-refractivity contribution in [1.82, 2.24) is 30.5 Å². The molecule has 3 fully saturated rings. The molecule has 1 aromatic rings. The number of nitrogens with one attached hydrogen (secondary N) is 4. The Morgan fingerprint density at radius 1 is 1.00 bits per heavy atom. The number of ketones is 1. The highest BCUT2D eigenvalue weighted by molar-refractivity contribution is 7.88. The first kappa shape index (κ1) is 40.7. The van der Waals surface area contributed by atoms with E-state index in [1.807, 2.05) is 52.0 Å². The maximum Gasteiger partial charge on any atom is 0.315 e. The molecule has 53 heavy (non-hydrogen) atoms. The summed E-state index contributed by atoms with van der Waals surface area (Å²) in [4.78, 5) is 70.8. The number of nitrogens with zero attached hydrogens (tertiary/aromatic N) is 2. The molecule has 0 spiro atoms. The lowest BCUT2D eigenvalue weighted by atomic mass is 9.86. The molecule has 3 aliphatic carbocycles. The number of carbonyl (C=O) groups is 5. The largest absolute Gasteiger partial charge is 0.349 e. The molecule has 2 saturated carbocycles. The standard InChI is InChI=1S/C39H60N6O7S/c1-9-10-15-28(33(46)35(48)40-20-23-16-17-23)41-34(47)32-30-27(39(30,5)6)21-45(32)36(49)31(26-18-24-13-11-12-14-25(24)19-26)43-37(50)42-29(38(2,3)4)22-44(7)53(8,51)52/h11-14,23,26-32H,9-10,15-22H2,1-8H3,(H,40,48)(H,41,47)(H2,42,43,50)/t27-,28?,29+,30-,31-,32-/m0/s1. The maximum absolute atomic E-state index is 14.8. The molecule has 1 aromatic carbocycles. The van der Waals surface area contributed by atoms with E-state index in [2.05, 4.69) is 35.1 Å². The van der Waals surface area contributed by atoms with Crippen LogP contribution in [0, 0.1) is 34.5 Å².